The highest BCUT2D eigenvalue weighted by Crippen LogP contribution is 2.63. The first-order chi connectivity index (χ1) is 6.87. The van der Waals surface area contributed by atoms with Gasteiger partial charge in [0.2, 0.25) is 0 Å². The molecular formula is C9H13N3OS. The molecule has 2 aliphatic rings. The Balaban J connectivity index is 1.88. The molecule has 3 N–H and O–H groups in total. The smallest absolute Gasteiger partial charge is 0.0731 e. The van der Waals surface area contributed by atoms with Crippen molar-refractivity contribution in [2.24, 2.45) is 17.2 Å². The van der Waals surface area contributed by atoms with Crippen LogP contribution in [-0.2, 0) is 4.74 Å². The summed E-state index contributed by atoms with van der Waals surface area (Å²) in [4.78, 5) is 0. The predicted octanol–water partition coefficient (Wildman–Crippen LogP) is 0.684. The minimum atomic E-state index is 0.168. The fraction of sp³-hybridized carbons (Fsp3) is 0.667. The van der Waals surface area contributed by atoms with E-state index in [1.54, 1.807) is 0 Å². The van der Waals surface area contributed by atoms with Crippen LogP contribution in [-0.4, -0.2) is 17.6 Å². The summed E-state index contributed by atoms with van der Waals surface area (Å²) < 4.78 is 9.82. The second kappa shape index (κ2) is 3.00. The lowest BCUT2D eigenvalue weighted by Gasteiger charge is -2.22. The van der Waals surface area contributed by atoms with Gasteiger partial charge in [-0.1, -0.05) is 0 Å². The van der Waals surface area contributed by atoms with Crippen molar-refractivity contribution >= 4 is 11.5 Å². The molecule has 3 atom stereocenters. The first-order valence-electron chi connectivity index (χ1n) is 4.81. The zero-order valence-corrected chi connectivity index (χ0v) is 8.59. The van der Waals surface area contributed by atoms with Crippen molar-refractivity contribution in [2.75, 3.05) is 13.2 Å². The van der Waals surface area contributed by atoms with Crippen molar-refractivity contribution in [3.63, 3.8) is 0 Å². The number of nitrogens with two attached hydrogens (primary N) is 1. The molecule has 14 heavy (non-hydrogen) atoms. The number of aromatic nitrogens is 1. The zero-order chi connectivity index (χ0) is 9.60. The topological polar surface area (TPSA) is 60.2 Å². The Kier molecular flexibility index (Phi) is 1.88. The highest BCUT2D eigenvalue weighted by Gasteiger charge is 2.63. The highest BCUT2D eigenvalue weighted by molar-refractivity contribution is 7.03. The number of nitrogens with zero attached hydrogens (tertiary/aromatic N) is 1. The van der Waals surface area contributed by atoms with E-state index in [4.69, 9.17) is 10.6 Å². The molecule has 1 aromatic rings. The summed E-state index contributed by atoms with van der Waals surface area (Å²) in [6.07, 6.45) is 1.22. The average molecular weight is 211 g/mol. The van der Waals surface area contributed by atoms with Gasteiger partial charge in [0.1, 0.15) is 0 Å². The van der Waals surface area contributed by atoms with E-state index in [1.165, 1.54) is 18.0 Å². The summed E-state index contributed by atoms with van der Waals surface area (Å²) in [7, 11) is 0. The maximum atomic E-state index is 5.61. The number of fused-ring (bicyclic) bond motifs is 1. The van der Waals surface area contributed by atoms with E-state index in [0.29, 0.717) is 5.92 Å². The number of hydrazine groups is 1. The van der Waals surface area contributed by atoms with Gasteiger partial charge in [-0.2, -0.15) is 4.37 Å². The van der Waals surface area contributed by atoms with Crippen LogP contribution < -0.4 is 11.3 Å². The van der Waals surface area contributed by atoms with Crippen molar-refractivity contribution in [3.8, 4) is 0 Å². The molecule has 0 amide bonds. The van der Waals surface area contributed by atoms with Crippen LogP contribution in [0.4, 0.5) is 0 Å². The summed E-state index contributed by atoms with van der Waals surface area (Å²) >= 11 is 1.47. The molecule has 5 heteroatoms. The largest absolute Gasteiger partial charge is 0.380 e. The van der Waals surface area contributed by atoms with Gasteiger partial charge in [-0.25, -0.2) is 0 Å². The van der Waals surface area contributed by atoms with E-state index in [-0.39, 0.29) is 11.5 Å². The zero-order valence-electron chi connectivity index (χ0n) is 7.77. The summed E-state index contributed by atoms with van der Waals surface area (Å²) in [6, 6.07) is 2.21. The van der Waals surface area contributed by atoms with Gasteiger partial charge in [0.05, 0.1) is 24.9 Å². The number of hydrogen-bond acceptors (Lipinski definition) is 5. The molecule has 0 aromatic carbocycles. The predicted molar refractivity (Wildman–Crippen MR) is 53.5 cm³/mol. The molecule has 76 valence electrons. The molecule has 4 nitrogen and oxygen atoms in total. The second-order valence-corrected chi connectivity index (χ2v) is 4.84. The lowest BCUT2D eigenvalue weighted by molar-refractivity contribution is 0.132. The molecule has 1 aromatic heterocycles. The molecule has 1 saturated heterocycles. The standard InChI is InChI=1S/C9H13N3OS/c10-11-8(7-1-2-14-12-7)9-3-6(9)4-13-5-9/h1-2,6,8,11H,3-5,10H2. The lowest BCUT2D eigenvalue weighted by Crippen LogP contribution is -2.36. The minimum absolute atomic E-state index is 0.168. The van der Waals surface area contributed by atoms with Gasteiger partial charge in [-0.3, -0.25) is 11.3 Å². The summed E-state index contributed by atoms with van der Waals surface area (Å²) in [5.74, 6) is 6.30. The maximum absolute atomic E-state index is 5.61. The van der Waals surface area contributed by atoms with E-state index in [9.17, 15) is 0 Å². The van der Waals surface area contributed by atoms with Crippen LogP contribution in [0.2, 0.25) is 0 Å². The van der Waals surface area contributed by atoms with E-state index in [1.807, 2.05) is 11.4 Å². The molecule has 1 aliphatic carbocycles. The van der Waals surface area contributed by atoms with Gasteiger partial charge in [-0.05, 0) is 29.9 Å². The van der Waals surface area contributed by atoms with Crippen LogP contribution in [0.3, 0.4) is 0 Å². The summed E-state index contributed by atoms with van der Waals surface area (Å²) in [5.41, 5.74) is 4.19. The third kappa shape index (κ3) is 1.07. The van der Waals surface area contributed by atoms with Crippen molar-refractivity contribution in [2.45, 2.75) is 12.5 Å². The Morgan fingerprint density at radius 2 is 2.71 bits per heavy atom. The number of hydrogen-bond donors (Lipinski definition) is 2. The molecule has 0 spiro atoms. The van der Waals surface area contributed by atoms with Crippen LogP contribution in [0.1, 0.15) is 18.2 Å². The quantitative estimate of drug-likeness (QED) is 0.570. The van der Waals surface area contributed by atoms with Gasteiger partial charge < -0.3 is 4.74 Å². The van der Waals surface area contributed by atoms with Crippen LogP contribution in [0, 0.1) is 11.3 Å². The van der Waals surface area contributed by atoms with Gasteiger partial charge >= 0.3 is 0 Å². The number of ether oxygens (including phenoxy) is 1. The normalized spacial score (nSPS) is 36.8. The first-order valence-corrected chi connectivity index (χ1v) is 5.64. The average Bonchev–Trinajstić information content (AvgIpc) is 2.64. The number of rotatable bonds is 3. The Morgan fingerprint density at radius 3 is 3.21 bits per heavy atom. The summed E-state index contributed by atoms with van der Waals surface area (Å²) in [6.45, 7) is 1.71. The molecule has 1 aliphatic heterocycles. The van der Waals surface area contributed by atoms with Crippen molar-refractivity contribution in [1.82, 2.24) is 9.80 Å². The molecule has 2 fully saturated rings. The first kappa shape index (κ1) is 8.79. The van der Waals surface area contributed by atoms with Crippen molar-refractivity contribution in [3.05, 3.63) is 17.1 Å². The van der Waals surface area contributed by atoms with Crippen LogP contribution in [0.25, 0.3) is 0 Å². The van der Waals surface area contributed by atoms with E-state index < -0.39 is 0 Å². The van der Waals surface area contributed by atoms with Crippen molar-refractivity contribution in [1.29, 1.82) is 0 Å². The molecule has 1 saturated carbocycles. The van der Waals surface area contributed by atoms with Crippen LogP contribution >= 0.6 is 11.5 Å². The van der Waals surface area contributed by atoms with E-state index in [0.717, 1.165) is 18.9 Å². The fourth-order valence-corrected chi connectivity index (χ4v) is 3.10. The van der Waals surface area contributed by atoms with Crippen LogP contribution in [0.15, 0.2) is 11.4 Å². The van der Waals surface area contributed by atoms with E-state index in [2.05, 4.69) is 9.80 Å². The molecule has 0 bridgehead atoms. The molecule has 0 radical (unpaired) electrons. The maximum Gasteiger partial charge on any atom is 0.0731 e. The summed E-state index contributed by atoms with van der Waals surface area (Å²) in [5, 5.41) is 1.99. The molecule has 3 unspecified atom stereocenters. The lowest BCUT2D eigenvalue weighted by atomic mass is 9.94. The third-order valence-electron chi connectivity index (χ3n) is 3.46. The Hall–Kier alpha value is -0.490. The van der Waals surface area contributed by atoms with Gasteiger partial charge in [0, 0.05) is 10.8 Å². The Morgan fingerprint density at radius 1 is 1.79 bits per heavy atom. The van der Waals surface area contributed by atoms with Gasteiger partial charge in [0.15, 0.2) is 0 Å². The third-order valence-corrected chi connectivity index (χ3v) is 4.04. The van der Waals surface area contributed by atoms with Gasteiger partial charge in [-0.15, -0.1) is 0 Å². The van der Waals surface area contributed by atoms with Crippen molar-refractivity contribution < 1.29 is 4.74 Å². The van der Waals surface area contributed by atoms with E-state index >= 15 is 0 Å². The SMILES string of the molecule is NNC(c1ccsn1)C12COCC1C2. The molecule has 2 heterocycles. The monoisotopic (exact) mass is 211 g/mol. The number of nitrogens with one attached hydrogen (secondary N) is 1. The molecule has 3 rings (SSSR count). The molecular weight excluding hydrogens is 198 g/mol. The van der Waals surface area contributed by atoms with Gasteiger partial charge in [0.25, 0.3) is 0 Å². The Labute approximate surface area is 86.6 Å². The fourth-order valence-electron chi connectivity index (χ4n) is 2.55. The Bertz CT molecular complexity index is 329. The highest BCUT2D eigenvalue weighted by atomic mass is 32.1. The minimum Gasteiger partial charge on any atom is -0.380 e. The second-order valence-electron chi connectivity index (χ2n) is 4.17. The van der Waals surface area contributed by atoms with Crippen LogP contribution in [0.5, 0.6) is 0 Å².